The molecule has 0 saturated heterocycles. The molecule has 0 radical (unpaired) electrons. The number of para-hydroxylation sites is 1. The van der Waals surface area contributed by atoms with E-state index in [1.165, 1.54) is 11.8 Å². The molecule has 0 aliphatic carbocycles. The lowest BCUT2D eigenvalue weighted by Gasteiger charge is -2.26. The molecule has 1 aromatic heterocycles. The number of benzene rings is 2. The Morgan fingerprint density at radius 2 is 1.66 bits per heavy atom. The third-order valence-electron chi connectivity index (χ3n) is 4.92. The average Bonchev–Trinajstić information content (AvgIpc) is 2.73. The Balaban J connectivity index is 2.14. The molecular formula is C23H27N3O2S. The van der Waals surface area contributed by atoms with Gasteiger partial charge in [0.1, 0.15) is 5.25 Å². The third-order valence-corrected chi connectivity index (χ3v) is 6.13. The van der Waals surface area contributed by atoms with Crippen LogP contribution in [0.25, 0.3) is 10.9 Å². The van der Waals surface area contributed by atoms with Gasteiger partial charge in [-0.1, -0.05) is 54.2 Å². The number of hydrogen-bond acceptors (Lipinski definition) is 4. The second-order valence-electron chi connectivity index (χ2n) is 7.10. The van der Waals surface area contributed by atoms with Crippen molar-refractivity contribution in [3.05, 3.63) is 70.5 Å². The summed E-state index contributed by atoms with van der Waals surface area (Å²) in [6.45, 7) is 9.17. The highest BCUT2D eigenvalue weighted by molar-refractivity contribution is 8.00. The van der Waals surface area contributed by atoms with Crippen LogP contribution in [0.3, 0.4) is 0 Å². The number of fused-ring (bicyclic) bond motifs is 1. The maximum Gasteiger partial charge on any atom is 0.262 e. The smallest absolute Gasteiger partial charge is 0.262 e. The van der Waals surface area contributed by atoms with Crippen LogP contribution in [0.5, 0.6) is 0 Å². The molecule has 0 fully saturated rings. The van der Waals surface area contributed by atoms with Crippen LogP contribution in [0, 0.1) is 0 Å². The predicted molar refractivity (Wildman–Crippen MR) is 119 cm³/mol. The molecule has 0 bridgehead atoms. The van der Waals surface area contributed by atoms with E-state index in [1.807, 2.05) is 81.1 Å². The zero-order valence-corrected chi connectivity index (χ0v) is 18.1. The Labute approximate surface area is 175 Å². The number of carbonyl (C=O) groups is 1. The molecule has 0 spiro atoms. The van der Waals surface area contributed by atoms with Gasteiger partial charge in [0.15, 0.2) is 5.16 Å². The van der Waals surface area contributed by atoms with Gasteiger partial charge >= 0.3 is 0 Å². The van der Waals surface area contributed by atoms with Gasteiger partial charge < -0.3 is 4.90 Å². The molecule has 5 nitrogen and oxygen atoms in total. The number of carbonyl (C=O) groups excluding carboxylic acids is 1. The first-order valence-electron chi connectivity index (χ1n) is 9.99. The zero-order valence-electron chi connectivity index (χ0n) is 17.3. The van der Waals surface area contributed by atoms with Crippen molar-refractivity contribution >= 4 is 28.6 Å². The van der Waals surface area contributed by atoms with E-state index in [4.69, 9.17) is 4.98 Å². The topological polar surface area (TPSA) is 55.2 Å². The van der Waals surface area contributed by atoms with Crippen LogP contribution in [0.2, 0.25) is 0 Å². The fourth-order valence-electron chi connectivity index (χ4n) is 3.36. The van der Waals surface area contributed by atoms with Gasteiger partial charge in [0.2, 0.25) is 5.91 Å². The van der Waals surface area contributed by atoms with E-state index in [0.29, 0.717) is 29.1 Å². The Bertz CT molecular complexity index is 1040. The van der Waals surface area contributed by atoms with Crippen LogP contribution < -0.4 is 5.56 Å². The van der Waals surface area contributed by atoms with Crippen LogP contribution in [-0.2, 0) is 4.79 Å². The molecule has 0 N–H and O–H groups in total. The Hall–Kier alpha value is -2.60. The third kappa shape index (κ3) is 4.37. The summed E-state index contributed by atoms with van der Waals surface area (Å²) in [4.78, 5) is 33.1. The van der Waals surface area contributed by atoms with E-state index in [2.05, 4.69) is 0 Å². The molecule has 3 rings (SSSR count). The largest absolute Gasteiger partial charge is 0.342 e. The first-order chi connectivity index (χ1) is 14.0. The average molecular weight is 410 g/mol. The minimum atomic E-state index is -0.464. The Morgan fingerprint density at radius 1 is 1.03 bits per heavy atom. The van der Waals surface area contributed by atoms with E-state index in [0.717, 1.165) is 5.56 Å². The SMILES string of the molecule is CCN(CC)C(=O)[C@@H](Sc1nc2ccccc2c(=O)n1C(C)C)c1ccccc1. The minimum Gasteiger partial charge on any atom is -0.342 e. The lowest BCUT2D eigenvalue weighted by Crippen LogP contribution is -2.34. The van der Waals surface area contributed by atoms with E-state index >= 15 is 0 Å². The molecule has 2 aromatic carbocycles. The van der Waals surface area contributed by atoms with Gasteiger partial charge in [0.05, 0.1) is 10.9 Å². The molecule has 0 unspecified atom stereocenters. The number of amides is 1. The summed E-state index contributed by atoms with van der Waals surface area (Å²) in [5.74, 6) is 0.0314. The van der Waals surface area contributed by atoms with Gasteiger partial charge in [-0.3, -0.25) is 14.2 Å². The number of nitrogens with zero attached hydrogens (tertiary/aromatic N) is 3. The number of rotatable bonds is 7. The summed E-state index contributed by atoms with van der Waals surface area (Å²) in [6.07, 6.45) is 0. The van der Waals surface area contributed by atoms with Gasteiger partial charge in [-0.05, 0) is 45.4 Å². The van der Waals surface area contributed by atoms with Crippen LogP contribution in [-0.4, -0.2) is 33.4 Å². The highest BCUT2D eigenvalue weighted by atomic mass is 32.2. The van der Waals surface area contributed by atoms with E-state index in [-0.39, 0.29) is 17.5 Å². The summed E-state index contributed by atoms with van der Waals surface area (Å²) in [7, 11) is 0. The zero-order chi connectivity index (χ0) is 21.0. The number of likely N-dealkylation sites (N-methyl/N-ethyl adjacent to an activating group) is 1. The number of aromatic nitrogens is 2. The Morgan fingerprint density at radius 3 is 2.28 bits per heavy atom. The normalized spacial score (nSPS) is 12.3. The molecule has 1 amide bonds. The summed E-state index contributed by atoms with van der Waals surface area (Å²) >= 11 is 1.35. The first-order valence-corrected chi connectivity index (χ1v) is 10.9. The van der Waals surface area contributed by atoms with Crippen molar-refractivity contribution in [1.82, 2.24) is 14.5 Å². The molecule has 1 atom stereocenters. The molecule has 1 heterocycles. The van der Waals surface area contributed by atoms with Crippen LogP contribution in [0.1, 0.15) is 44.6 Å². The fourth-order valence-corrected chi connectivity index (χ4v) is 4.67. The lowest BCUT2D eigenvalue weighted by molar-refractivity contribution is -0.130. The van der Waals surface area contributed by atoms with E-state index in [9.17, 15) is 9.59 Å². The maximum absolute atomic E-state index is 13.3. The van der Waals surface area contributed by atoms with Crippen molar-refractivity contribution in [2.75, 3.05) is 13.1 Å². The fraction of sp³-hybridized carbons (Fsp3) is 0.348. The maximum atomic E-state index is 13.3. The van der Waals surface area contributed by atoms with Gasteiger partial charge in [0, 0.05) is 19.1 Å². The molecule has 0 aliphatic rings. The van der Waals surface area contributed by atoms with Gasteiger partial charge in [-0.2, -0.15) is 0 Å². The number of hydrogen-bond donors (Lipinski definition) is 0. The standard InChI is InChI=1S/C23H27N3O2S/c1-5-25(6-2)22(28)20(17-12-8-7-9-13-17)29-23-24-19-15-11-10-14-18(19)21(27)26(23)16(3)4/h7-16,20H,5-6H2,1-4H3/t20-/m0/s1. The van der Waals surface area contributed by atoms with Crippen LogP contribution in [0.15, 0.2) is 64.5 Å². The number of thioether (sulfide) groups is 1. The van der Waals surface area contributed by atoms with Gasteiger partial charge in [-0.15, -0.1) is 0 Å². The monoisotopic (exact) mass is 409 g/mol. The highest BCUT2D eigenvalue weighted by Gasteiger charge is 2.28. The first kappa shape index (κ1) is 21.1. The molecule has 0 aliphatic heterocycles. The van der Waals surface area contributed by atoms with Crippen molar-refractivity contribution in [1.29, 1.82) is 0 Å². The quantitative estimate of drug-likeness (QED) is 0.420. The van der Waals surface area contributed by atoms with Crippen molar-refractivity contribution in [2.45, 2.75) is 44.1 Å². The van der Waals surface area contributed by atoms with Gasteiger partial charge in [-0.25, -0.2) is 4.98 Å². The summed E-state index contributed by atoms with van der Waals surface area (Å²) in [5, 5.41) is 0.698. The molecule has 152 valence electrons. The van der Waals surface area contributed by atoms with Crippen molar-refractivity contribution in [2.24, 2.45) is 0 Å². The van der Waals surface area contributed by atoms with Crippen molar-refractivity contribution < 1.29 is 4.79 Å². The second-order valence-corrected chi connectivity index (χ2v) is 8.17. The van der Waals surface area contributed by atoms with Crippen LogP contribution >= 0.6 is 11.8 Å². The molecule has 0 saturated carbocycles. The van der Waals surface area contributed by atoms with Crippen molar-refractivity contribution in [3.63, 3.8) is 0 Å². The molecule has 3 aromatic rings. The van der Waals surface area contributed by atoms with Gasteiger partial charge in [0.25, 0.3) is 5.56 Å². The molecular weight excluding hydrogens is 382 g/mol. The predicted octanol–water partition coefficient (Wildman–Crippen LogP) is 4.68. The highest BCUT2D eigenvalue weighted by Crippen LogP contribution is 2.36. The summed E-state index contributed by atoms with van der Waals surface area (Å²) in [6, 6.07) is 17.0. The van der Waals surface area contributed by atoms with E-state index < -0.39 is 5.25 Å². The van der Waals surface area contributed by atoms with Crippen molar-refractivity contribution in [3.8, 4) is 0 Å². The summed E-state index contributed by atoms with van der Waals surface area (Å²) < 4.78 is 1.69. The summed E-state index contributed by atoms with van der Waals surface area (Å²) in [5.41, 5.74) is 1.49. The van der Waals surface area contributed by atoms with Crippen LogP contribution in [0.4, 0.5) is 0 Å². The lowest BCUT2D eigenvalue weighted by atomic mass is 10.1. The second kappa shape index (κ2) is 9.27. The molecule has 6 heteroatoms. The Kier molecular flexibility index (Phi) is 6.75. The molecule has 29 heavy (non-hydrogen) atoms. The minimum absolute atomic E-state index is 0.0314. The van der Waals surface area contributed by atoms with E-state index in [1.54, 1.807) is 10.6 Å².